The van der Waals surface area contributed by atoms with E-state index < -0.39 is 35.6 Å². The summed E-state index contributed by atoms with van der Waals surface area (Å²) in [4.78, 5) is 12.5. The number of hydrogen-bond donors (Lipinski definition) is 3. The summed E-state index contributed by atoms with van der Waals surface area (Å²) in [5.41, 5.74) is 8.16. The van der Waals surface area contributed by atoms with Crippen molar-refractivity contribution in [3.8, 4) is 5.75 Å². The van der Waals surface area contributed by atoms with Gasteiger partial charge in [-0.05, 0) is 17.7 Å². The van der Waals surface area contributed by atoms with Crippen LogP contribution in [-0.4, -0.2) is 57.5 Å². The Bertz CT molecular complexity index is 604. The van der Waals surface area contributed by atoms with Crippen molar-refractivity contribution in [3.63, 3.8) is 0 Å². The minimum atomic E-state index is -1.56. The van der Waals surface area contributed by atoms with E-state index in [1.54, 1.807) is 0 Å². The summed E-state index contributed by atoms with van der Waals surface area (Å²) in [5, 5.41) is 43.3. The summed E-state index contributed by atoms with van der Waals surface area (Å²) in [7, 11) is 0. The number of ether oxygens (including phenoxy) is 2. The van der Waals surface area contributed by atoms with E-state index in [1.807, 2.05) is 0 Å². The van der Waals surface area contributed by atoms with Gasteiger partial charge < -0.3 is 24.8 Å². The van der Waals surface area contributed by atoms with Gasteiger partial charge in [-0.1, -0.05) is 5.11 Å². The van der Waals surface area contributed by atoms with Gasteiger partial charge in [-0.2, -0.15) is 0 Å². The van der Waals surface area contributed by atoms with Gasteiger partial charge in [0.25, 0.3) is 5.69 Å². The number of non-ortho nitro benzene ring substituents is 1. The largest absolute Gasteiger partial charge is 0.462 e. The molecule has 1 heterocycles. The molecule has 1 aromatic rings. The third-order valence-corrected chi connectivity index (χ3v) is 3.29. The highest BCUT2D eigenvalue weighted by Gasteiger charge is 2.44. The second-order valence-corrected chi connectivity index (χ2v) is 4.80. The fourth-order valence-corrected chi connectivity index (χ4v) is 2.06. The second-order valence-electron chi connectivity index (χ2n) is 4.80. The van der Waals surface area contributed by atoms with Crippen molar-refractivity contribution < 1.29 is 29.7 Å². The molecule has 124 valence electrons. The van der Waals surface area contributed by atoms with Crippen molar-refractivity contribution in [2.75, 3.05) is 6.54 Å². The highest BCUT2D eigenvalue weighted by Crippen LogP contribution is 2.25. The predicted molar refractivity (Wildman–Crippen MR) is 74.4 cm³/mol. The maximum atomic E-state index is 10.6. The maximum Gasteiger partial charge on any atom is 0.269 e. The first kappa shape index (κ1) is 16.9. The number of aliphatic hydroxyl groups excluding tert-OH is 3. The number of nitro benzene ring substituents is 1. The van der Waals surface area contributed by atoms with Crippen LogP contribution in [0.3, 0.4) is 0 Å². The van der Waals surface area contributed by atoms with Crippen LogP contribution in [0.2, 0.25) is 0 Å². The van der Waals surface area contributed by atoms with Crippen LogP contribution in [-0.2, 0) is 4.74 Å². The molecule has 0 spiro atoms. The van der Waals surface area contributed by atoms with Crippen LogP contribution in [0.1, 0.15) is 0 Å². The molecule has 3 N–H and O–H groups in total. The molecular formula is C12H14N4O7. The molecule has 23 heavy (non-hydrogen) atoms. The molecule has 1 aliphatic heterocycles. The monoisotopic (exact) mass is 326 g/mol. The summed E-state index contributed by atoms with van der Waals surface area (Å²) in [6.07, 6.45) is -6.97. The summed E-state index contributed by atoms with van der Waals surface area (Å²) in [6.45, 7) is -0.262. The first-order valence-electron chi connectivity index (χ1n) is 6.55. The van der Waals surface area contributed by atoms with E-state index in [2.05, 4.69) is 10.0 Å². The molecule has 1 saturated heterocycles. The first-order valence-corrected chi connectivity index (χ1v) is 6.55. The molecule has 0 aromatic heterocycles. The van der Waals surface area contributed by atoms with Crippen molar-refractivity contribution in [1.82, 2.24) is 0 Å². The molecule has 0 aliphatic carbocycles. The molecule has 1 fully saturated rings. The van der Waals surface area contributed by atoms with Gasteiger partial charge in [-0.25, -0.2) is 0 Å². The van der Waals surface area contributed by atoms with E-state index in [9.17, 15) is 25.4 Å². The highest BCUT2D eigenvalue weighted by molar-refractivity contribution is 5.36. The molecule has 11 nitrogen and oxygen atoms in total. The Kier molecular flexibility index (Phi) is 5.32. The van der Waals surface area contributed by atoms with Crippen LogP contribution in [0.5, 0.6) is 5.75 Å². The third-order valence-electron chi connectivity index (χ3n) is 3.29. The Hall–Kier alpha value is -2.43. The number of nitrogens with zero attached hydrogens (tertiary/aromatic N) is 4. The van der Waals surface area contributed by atoms with Crippen molar-refractivity contribution in [3.05, 3.63) is 44.8 Å². The molecule has 0 unspecified atom stereocenters. The minimum Gasteiger partial charge on any atom is -0.462 e. The van der Waals surface area contributed by atoms with Crippen molar-refractivity contribution >= 4 is 5.69 Å². The molecule has 5 atom stereocenters. The minimum absolute atomic E-state index is 0.140. The summed E-state index contributed by atoms with van der Waals surface area (Å²) >= 11 is 0. The Balaban J connectivity index is 2.10. The number of benzene rings is 1. The van der Waals surface area contributed by atoms with E-state index in [0.29, 0.717) is 0 Å². The molecule has 0 saturated carbocycles. The lowest BCUT2D eigenvalue weighted by atomic mass is 9.99. The van der Waals surface area contributed by atoms with Crippen LogP contribution >= 0.6 is 0 Å². The smallest absolute Gasteiger partial charge is 0.269 e. The summed E-state index contributed by atoms with van der Waals surface area (Å²) < 4.78 is 10.6. The molecule has 1 aromatic carbocycles. The van der Waals surface area contributed by atoms with E-state index in [-0.39, 0.29) is 18.0 Å². The van der Waals surface area contributed by atoms with E-state index in [4.69, 9.17) is 15.0 Å². The maximum absolute atomic E-state index is 10.6. The van der Waals surface area contributed by atoms with Gasteiger partial charge in [0.1, 0.15) is 24.1 Å². The number of aliphatic hydroxyl groups is 3. The lowest BCUT2D eigenvalue weighted by molar-refractivity contribution is -0.384. The van der Waals surface area contributed by atoms with Crippen LogP contribution in [0, 0.1) is 10.1 Å². The lowest BCUT2D eigenvalue weighted by Gasteiger charge is -2.39. The van der Waals surface area contributed by atoms with Crippen LogP contribution in [0.25, 0.3) is 10.4 Å². The zero-order chi connectivity index (χ0) is 17.0. The average Bonchev–Trinajstić information content (AvgIpc) is 2.54. The Morgan fingerprint density at radius 2 is 1.91 bits per heavy atom. The Morgan fingerprint density at radius 3 is 2.48 bits per heavy atom. The molecule has 0 amide bonds. The fraction of sp³-hybridized carbons (Fsp3) is 0.500. The van der Waals surface area contributed by atoms with Gasteiger partial charge in [0, 0.05) is 17.0 Å². The van der Waals surface area contributed by atoms with Gasteiger partial charge in [-0.15, -0.1) is 0 Å². The van der Waals surface area contributed by atoms with Crippen LogP contribution < -0.4 is 4.74 Å². The van der Waals surface area contributed by atoms with Gasteiger partial charge in [0.15, 0.2) is 0 Å². The SMILES string of the molecule is [N-]=[N+]=NC[C@H]1O[C@H](Oc2ccc([N+](=O)[O-])cc2)[C@@H](O)[C@@H](O)[C@@H]1O. The standard InChI is InChI=1S/C12H14N4O7/c13-15-14-5-8-9(17)10(18)11(19)12(23-8)22-7-3-1-6(2-4-7)16(20)21/h1-4,8-12,17-19H,5H2/t8-,9-,10+,11+,12+/m1/s1. The van der Waals surface area contributed by atoms with Crippen molar-refractivity contribution in [1.29, 1.82) is 0 Å². The number of hydrogen-bond acceptors (Lipinski definition) is 8. The fourth-order valence-electron chi connectivity index (χ4n) is 2.06. The predicted octanol–water partition coefficient (Wildman–Crippen LogP) is 0.0915. The average molecular weight is 326 g/mol. The van der Waals surface area contributed by atoms with Crippen molar-refractivity contribution in [2.24, 2.45) is 5.11 Å². The molecular weight excluding hydrogens is 312 g/mol. The van der Waals surface area contributed by atoms with Gasteiger partial charge in [0.2, 0.25) is 6.29 Å². The molecule has 0 bridgehead atoms. The molecule has 11 heteroatoms. The Labute approximate surface area is 129 Å². The summed E-state index contributed by atoms with van der Waals surface area (Å²) in [5.74, 6) is 0.158. The normalized spacial score (nSPS) is 30.3. The number of azide groups is 1. The van der Waals surface area contributed by atoms with Gasteiger partial charge in [-0.3, -0.25) is 10.1 Å². The number of nitro groups is 1. The molecule has 0 radical (unpaired) electrons. The van der Waals surface area contributed by atoms with E-state index >= 15 is 0 Å². The van der Waals surface area contributed by atoms with Gasteiger partial charge >= 0.3 is 0 Å². The van der Waals surface area contributed by atoms with E-state index in [0.717, 1.165) is 0 Å². The van der Waals surface area contributed by atoms with Crippen LogP contribution in [0.4, 0.5) is 5.69 Å². The summed E-state index contributed by atoms with van der Waals surface area (Å²) in [6, 6.07) is 5.00. The molecule has 1 aliphatic rings. The topological polar surface area (TPSA) is 171 Å². The van der Waals surface area contributed by atoms with Crippen molar-refractivity contribution in [2.45, 2.75) is 30.7 Å². The lowest BCUT2D eigenvalue weighted by Crippen LogP contribution is -2.59. The molecule has 2 rings (SSSR count). The first-order chi connectivity index (χ1) is 10.9. The zero-order valence-corrected chi connectivity index (χ0v) is 11.7. The quantitative estimate of drug-likeness (QED) is 0.226. The highest BCUT2D eigenvalue weighted by atomic mass is 16.7. The Morgan fingerprint density at radius 1 is 1.26 bits per heavy atom. The zero-order valence-electron chi connectivity index (χ0n) is 11.7. The van der Waals surface area contributed by atoms with Gasteiger partial charge in [0.05, 0.1) is 17.6 Å². The third kappa shape index (κ3) is 3.86. The second kappa shape index (κ2) is 7.22. The van der Waals surface area contributed by atoms with E-state index in [1.165, 1.54) is 24.3 Å². The number of rotatable bonds is 5. The van der Waals surface area contributed by atoms with Crippen LogP contribution in [0.15, 0.2) is 29.4 Å².